The Morgan fingerprint density at radius 2 is 1.65 bits per heavy atom. The van der Waals surface area contributed by atoms with Gasteiger partial charge in [-0.1, -0.05) is 6.07 Å². The molecule has 0 unspecified atom stereocenters. The van der Waals surface area contributed by atoms with Gasteiger partial charge < -0.3 is 9.31 Å². The first-order valence-electron chi connectivity index (χ1n) is 7.50. The van der Waals surface area contributed by atoms with Gasteiger partial charge in [-0.05, 0) is 39.8 Å². The number of benzene rings is 1. The molecule has 0 N–H and O–H groups in total. The Hall–Kier alpha value is -1.73. The summed E-state index contributed by atoms with van der Waals surface area (Å²) in [5.74, 6) is -1.17. The van der Waals surface area contributed by atoms with Crippen molar-refractivity contribution in [3.8, 4) is 0 Å². The molecule has 7 heteroatoms. The van der Waals surface area contributed by atoms with E-state index in [0.717, 1.165) is 5.46 Å². The molecule has 122 valence electrons. The maximum Gasteiger partial charge on any atom is 0.498 e. The van der Waals surface area contributed by atoms with Crippen LogP contribution >= 0.6 is 0 Å². The number of halogens is 2. The minimum Gasteiger partial charge on any atom is -0.399 e. The van der Waals surface area contributed by atoms with E-state index in [0.29, 0.717) is 0 Å². The molecule has 0 atom stereocenters. The van der Waals surface area contributed by atoms with Crippen LogP contribution in [-0.2, 0) is 15.9 Å². The Morgan fingerprint density at radius 1 is 1.09 bits per heavy atom. The molecular formula is C16H19BF2N2O2. The molecule has 2 aromatic rings. The minimum absolute atomic E-state index is 0.0119. The van der Waals surface area contributed by atoms with Crippen molar-refractivity contribution in [2.45, 2.75) is 45.4 Å². The Balaban J connectivity index is 1.80. The fourth-order valence-electron chi connectivity index (χ4n) is 2.41. The topological polar surface area (TPSA) is 36.3 Å². The van der Waals surface area contributed by atoms with Crippen molar-refractivity contribution >= 4 is 12.6 Å². The van der Waals surface area contributed by atoms with E-state index in [-0.39, 0.29) is 12.1 Å². The molecule has 1 aromatic carbocycles. The number of hydrogen-bond donors (Lipinski definition) is 0. The highest BCUT2D eigenvalue weighted by molar-refractivity contribution is 6.61. The van der Waals surface area contributed by atoms with Crippen molar-refractivity contribution < 1.29 is 18.1 Å². The standard InChI is InChI=1S/C16H19BF2N2O2/c1-15(2)16(3,4)23-17(22-15)11-8-20-21(9-11)10-12-13(18)6-5-7-14(12)19/h5-9H,10H2,1-4H3. The quantitative estimate of drug-likeness (QED) is 0.816. The lowest BCUT2D eigenvalue weighted by atomic mass is 9.82. The van der Waals surface area contributed by atoms with Gasteiger partial charge in [0.1, 0.15) is 11.6 Å². The van der Waals surface area contributed by atoms with Gasteiger partial charge in [-0.25, -0.2) is 8.78 Å². The fourth-order valence-corrected chi connectivity index (χ4v) is 2.41. The third kappa shape index (κ3) is 2.91. The Bertz CT molecular complexity index is 694. The molecule has 1 aromatic heterocycles. The van der Waals surface area contributed by atoms with E-state index in [1.807, 2.05) is 27.7 Å². The van der Waals surface area contributed by atoms with Crippen LogP contribution in [0.1, 0.15) is 33.3 Å². The summed E-state index contributed by atoms with van der Waals surface area (Å²) in [5, 5.41) is 4.16. The highest BCUT2D eigenvalue weighted by atomic mass is 19.1. The third-order valence-electron chi connectivity index (χ3n) is 4.56. The molecule has 0 aliphatic carbocycles. The zero-order chi connectivity index (χ0) is 16.8. The Kier molecular flexibility index (Phi) is 3.81. The van der Waals surface area contributed by atoms with Crippen molar-refractivity contribution in [3.05, 3.63) is 47.8 Å². The zero-order valence-corrected chi connectivity index (χ0v) is 13.6. The summed E-state index contributed by atoms with van der Waals surface area (Å²) in [5.41, 5.74) is -0.189. The van der Waals surface area contributed by atoms with Gasteiger partial charge in [-0.2, -0.15) is 5.10 Å². The lowest BCUT2D eigenvalue weighted by Gasteiger charge is -2.32. The van der Waals surface area contributed by atoms with E-state index in [9.17, 15) is 8.78 Å². The summed E-state index contributed by atoms with van der Waals surface area (Å²) >= 11 is 0. The van der Waals surface area contributed by atoms with Crippen LogP contribution in [0.15, 0.2) is 30.6 Å². The van der Waals surface area contributed by atoms with Crippen molar-refractivity contribution in [2.24, 2.45) is 0 Å². The number of hydrogen-bond acceptors (Lipinski definition) is 3. The highest BCUT2D eigenvalue weighted by Crippen LogP contribution is 2.36. The van der Waals surface area contributed by atoms with Gasteiger partial charge in [0, 0.05) is 23.4 Å². The Labute approximate surface area is 134 Å². The molecule has 2 heterocycles. The largest absolute Gasteiger partial charge is 0.498 e. The highest BCUT2D eigenvalue weighted by Gasteiger charge is 2.52. The Morgan fingerprint density at radius 3 is 2.22 bits per heavy atom. The van der Waals surface area contributed by atoms with Crippen molar-refractivity contribution in [1.82, 2.24) is 9.78 Å². The second kappa shape index (κ2) is 5.42. The van der Waals surface area contributed by atoms with Crippen LogP contribution < -0.4 is 5.46 Å². The lowest BCUT2D eigenvalue weighted by molar-refractivity contribution is 0.00578. The molecule has 0 spiro atoms. The first kappa shape index (κ1) is 16.1. The van der Waals surface area contributed by atoms with Gasteiger partial charge in [-0.15, -0.1) is 0 Å². The second-order valence-electron chi connectivity index (χ2n) is 6.76. The van der Waals surface area contributed by atoms with Crippen molar-refractivity contribution in [3.63, 3.8) is 0 Å². The average molecular weight is 320 g/mol. The number of rotatable bonds is 3. The molecule has 1 saturated heterocycles. The zero-order valence-electron chi connectivity index (χ0n) is 13.6. The molecule has 0 saturated carbocycles. The van der Waals surface area contributed by atoms with Crippen LogP contribution in [0.3, 0.4) is 0 Å². The molecular weight excluding hydrogens is 301 g/mol. The van der Waals surface area contributed by atoms with Crippen LogP contribution in [0, 0.1) is 11.6 Å². The molecule has 1 aliphatic rings. The van der Waals surface area contributed by atoms with E-state index in [1.54, 1.807) is 12.4 Å². The molecule has 3 rings (SSSR count). The van der Waals surface area contributed by atoms with Crippen LogP contribution in [-0.4, -0.2) is 28.1 Å². The maximum absolute atomic E-state index is 13.7. The minimum atomic E-state index is -0.585. The summed E-state index contributed by atoms with van der Waals surface area (Å²) in [6.07, 6.45) is 3.29. The monoisotopic (exact) mass is 320 g/mol. The normalized spacial score (nSPS) is 19.3. The van der Waals surface area contributed by atoms with Gasteiger partial charge in [0.25, 0.3) is 0 Å². The predicted octanol–water partition coefficient (Wildman–Crippen LogP) is 2.51. The van der Waals surface area contributed by atoms with Crippen LogP contribution in [0.25, 0.3) is 0 Å². The van der Waals surface area contributed by atoms with E-state index in [4.69, 9.17) is 9.31 Å². The summed E-state index contributed by atoms with van der Waals surface area (Å²) in [4.78, 5) is 0. The van der Waals surface area contributed by atoms with Crippen molar-refractivity contribution in [2.75, 3.05) is 0 Å². The van der Waals surface area contributed by atoms with Gasteiger partial charge in [-0.3, -0.25) is 4.68 Å². The van der Waals surface area contributed by atoms with Gasteiger partial charge in [0.05, 0.1) is 17.7 Å². The summed E-state index contributed by atoms with van der Waals surface area (Å²) < 4.78 is 40.8. The lowest BCUT2D eigenvalue weighted by Crippen LogP contribution is -2.41. The number of aromatic nitrogens is 2. The first-order chi connectivity index (χ1) is 10.7. The molecule has 0 amide bonds. The smallest absolute Gasteiger partial charge is 0.399 e. The average Bonchev–Trinajstić information content (AvgIpc) is 2.97. The SMILES string of the molecule is CC1(C)OB(c2cnn(Cc3c(F)cccc3F)c2)OC1(C)C. The molecule has 1 fully saturated rings. The predicted molar refractivity (Wildman–Crippen MR) is 83.4 cm³/mol. The molecule has 23 heavy (non-hydrogen) atoms. The molecule has 4 nitrogen and oxygen atoms in total. The van der Waals surface area contributed by atoms with Crippen LogP contribution in [0.2, 0.25) is 0 Å². The summed E-state index contributed by atoms with van der Waals surface area (Å²) in [6.45, 7) is 7.87. The summed E-state index contributed by atoms with van der Waals surface area (Å²) in [7, 11) is -0.542. The molecule has 0 radical (unpaired) electrons. The van der Waals surface area contributed by atoms with Crippen LogP contribution in [0.5, 0.6) is 0 Å². The van der Waals surface area contributed by atoms with Crippen molar-refractivity contribution in [1.29, 1.82) is 0 Å². The van der Waals surface area contributed by atoms with E-state index < -0.39 is 30.0 Å². The first-order valence-corrected chi connectivity index (χ1v) is 7.50. The van der Waals surface area contributed by atoms with Gasteiger partial charge in [0.2, 0.25) is 0 Å². The number of nitrogens with zero attached hydrogens (tertiary/aromatic N) is 2. The molecule has 0 bridgehead atoms. The van der Waals surface area contributed by atoms with E-state index in [2.05, 4.69) is 5.10 Å². The van der Waals surface area contributed by atoms with Gasteiger partial charge in [0.15, 0.2) is 0 Å². The third-order valence-corrected chi connectivity index (χ3v) is 4.56. The second-order valence-corrected chi connectivity index (χ2v) is 6.76. The maximum atomic E-state index is 13.7. The van der Waals surface area contributed by atoms with Gasteiger partial charge >= 0.3 is 7.12 Å². The van der Waals surface area contributed by atoms with Crippen LogP contribution in [0.4, 0.5) is 8.78 Å². The fraction of sp³-hybridized carbons (Fsp3) is 0.438. The van der Waals surface area contributed by atoms with E-state index in [1.165, 1.54) is 22.9 Å². The van der Waals surface area contributed by atoms with E-state index >= 15 is 0 Å². The molecule has 1 aliphatic heterocycles. The summed E-state index contributed by atoms with van der Waals surface area (Å²) in [6, 6.07) is 3.81.